The Hall–Kier alpha value is -2.90. The molecule has 160 valence electrons. The van der Waals surface area contributed by atoms with E-state index in [0.29, 0.717) is 18.5 Å². The van der Waals surface area contributed by atoms with Crippen LogP contribution in [0.5, 0.6) is 0 Å². The molecule has 0 aliphatic rings. The van der Waals surface area contributed by atoms with Gasteiger partial charge in [-0.05, 0) is 51.5 Å². The number of rotatable bonds is 12. The van der Waals surface area contributed by atoms with Crippen molar-refractivity contribution in [2.75, 3.05) is 31.7 Å². The lowest BCUT2D eigenvalue weighted by Crippen LogP contribution is -2.42. The average Bonchev–Trinajstić information content (AvgIpc) is 2.69. The van der Waals surface area contributed by atoms with Crippen molar-refractivity contribution in [1.29, 1.82) is 0 Å². The highest BCUT2D eigenvalue weighted by molar-refractivity contribution is 5.97. The Morgan fingerprint density at radius 1 is 1.00 bits per heavy atom. The fourth-order valence-electron chi connectivity index (χ4n) is 2.55. The molecule has 0 heterocycles. The van der Waals surface area contributed by atoms with Gasteiger partial charge in [0.15, 0.2) is 0 Å². The fraction of sp³-hybridized carbons (Fsp3) is 0.524. The van der Waals surface area contributed by atoms with Gasteiger partial charge in [-0.2, -0.15) is 0 Å². The topological polar surface area (TPSA) is 102 Å². The Balaban J connectivity index is 2.75. The molecule has 0 saturated heterocycles. The number of carbonyl (C=O) groups is 4. The fourth-order valence-corrected chi connectivity index (χ4v) is 2.55. The molecule has 0 spiro atoms. The second-order valence-electron chi connectivity index (χ2n) is 6.54. The third-order valence-electron chi connectivity index (χ3n) is 4.19. The number of ketones is 1. The number of hydrogen-bond donors (Lipinski definition) is 1. The Morgan fingerprint density at radius 2 is 1.62 bits per heavy atom. The van der Waals surface area contributed by atoms with E-state index in [1.54, 1.807) is 45.0 Å². The summed E-state index contributed by atoms with van der Waals surface area (Å²) in [6.45, 7) is 5.92. The first kappa shape index (κ1) is 24.1. The summed E-state index contributed by atoms with van der Waals surface area (Å²) in [5, 5.41) is 2.62. The minimum atomic E-state index is -0.940. The number of benzene rings is 1. The summed E-state index contributed by atoms with van der Waals surface area (Å²) in [5.41, 5.74) is 1.24. The third-order valence-corrected chi connectivity index (χ3v) is 4.19. The zero-order chi connectivity index (χ0) is 21.8. The minimum absolute atomic E-state index is 0.00250. The molecule has 1 aromatic carbocycles. The van der Waals surface area contributed by atoms with Crippen LogP contribution in [0.15, 0.2) is 24.3 Å². The van der Waals surface area contributed by atoms with Gasteiger partial charge in [0.25, 0.3) is 5.91 Å². The van der Waals surface area contributed by atoms with Gasteiger partial charge >= 0.3 is 11.9 Å². The summed E-state index contributed by atoms with van der Waals surface area (Å²) in [5.74, 6) is -1.36. The molecule has 0 aliphatic carbocycles. The van der Waals surface area contributed by atoms with Gasteiger partial charge in [0.1, 0.15) is 11.8 Å². The van der Waals surface area contributed by atoms with Crippen LogP contribution < -0.4 is 10.2 Å². The maximum atomic E-state index is 12.5. The monoisotopic (exact) mass is 406 g/mol. The number of carbonyl (C=O) groups excluding carboxylic acids is 4. The van der Waals surface area contributed by atoms with Crippen LogP contribution in [0.3, 0.4) is 0 Å². The number of Topliss-reactive ketones (excluding diaryl/α,β-unsaturated/α-hetero) is 1. The Bertz CT molecular complexity index is 702. The van der Waals surface area contributed by atoms with Crippen molar-refractivity contribution in [3.05, 3.63) is 29.8 Å². The van der Waals surface area contributed by atoms with Gasteiger partial charge < -0.3 is 19.7 Å². The van der Waals surface area contributed by atoms with Crippen molar-refractivity contribution in [2.24, 2.45) is 0 Å². The molecule has 0 bridgehead atoms. The zero-order valence-corrected chi connectivity index (χ0v) is 17.5. The van der Waals surface area contributed by atoms with Gasteiger partial charge in [0.05, 0.1) is 13.2 Å². The van der Waals surface area contributed by atoms with Crippen LogP contribution in [0.4, 0.5) is 5.69 Å². The van der Waals surface area contributed by atoms with Gasteiger partial charge in [-0.1, -0.05) is 0 Å². The molecule has 0 radical (unpaired) electrons. The highest BCUT2D eigenvalue weighted by atomic mass is 16.5. The average molecular weight is 406 g/mol. The highest BCUT2D eigenvalue weighted by Gasteiger charge is 2.24. The number of anilines is 1. The Kier molecular flexibility index (Phi) is 10.4. The van der Waals surface area contributed by atoms with E-state index in [1.165, 1.54) is 0 Å². The predicted molar refractivity (Wildman–Crippen MR) is 109 cm³/mol. The van der Waals surface area contributed by atoms with Gasteiger partial charge in [0.2, 0.25) is 0 Å². The lowest BCUT2D eigenvalue weighted by atomic mass is 10.1. The van der Waals surface area contributed by atoms with Crippen molar-refractivity contribution in [3.8, 4) is 0 Å². The number of esters is 2. The van der Waals surface area contributed by atoms with E-state index in [4.69, 9.17) is 9.47 Å². The van der Waals surface area contributed by atoms with Crippen LogP contribution in [0.25, 0.3) is 0 Å². The Morgan fingerprint density at radius 3 is 2.17 bits per heavy atom. The molecular formula is C21H30N2O6. The van der Waals surface area contributed by atoms with Gasteiger partial charge in [0, 0.05) is 37.7 Å². The van der Waals surface area contributed by atoms with E-state index in [9.17, 15) is 19.2 Å². The maximum Gasteiger partial charge on any atom is 0.328 e. The zero-order valence-electron chi connectivity index (χ0n) is 17.5. The SMILES string of the molecule is CCOC(=O)CC[C@@H](NC(=O)c1ccc(N(C)CCC(C)=O)cc1)C(=O)OCC. The lowest BCUT2D eigenvalue weighted by Gasteiger charge is -2.19. The molecule has 8 nitrogen and oxygen atoms in total. The van der Waals surface area contributed by atoms with E-state index in [1.807, 2.05) is 11.9 Å². The molecule has 1 aromatic rings. The van der Waals surface area contributed by atoms with Crippen molar-refractivity contribution >= 4 is 29.3 Å². The van der Waals surface area contributed by atoms with Crippen LogP contribution in [0.2, 0.25) is 0 Å². The van der Waals surface area contributed by atoms with E-state index >= 15 is 0 Å². The van der Waals surface area contributed by atoms with Crippen LogP contribution in [0, 0.1) is 0 Å². The first-order valence-corrected chi connectivity index (χ1v) is 9.72. The summed E-state index contributed by atoms with van der Waals surface area (Å²) in [4.78, 5) is 49.3. The summed E-state index contributed by atoms with van der Waals surface area (Å²) in [6, 6.07) is 5.88. The first-order chi connectivity index (χ1) is 13.8. The van der Waals surface area contributed by atoms with Crippen molar-refractivity contribution in [1.82, 2.24) is 5.32 Å². The molecule has 1 amide bonds. The van der Waals surface area contributed by atoms with E-state index < -0.39 is 23.9 Å². The molecule has 0 aromatic heterocycles. The summed E-state index contributed by atoms with van der Waals surface area (Å²) in [6.07, 6.45) is 0.535. The van der Waals surface area contributed by atoms with E-state index in [0.717, 1.165) is 5.69 Å². The second kappa shape index (κ2) is 12.5. The van der Waals surface area contributed by atoms with Crippen LogP contribution in [-0.4, -0.2) is 56.5 Å². The first-order valence-electron chi connectivity index (χ1n) is 9.72. The van der Waals surface area contributed by atoms with Gasteiger partial charge in [-0.3, -0.25) is 14.4 Å². The second-order valence-corrected chi connectivity index (χ2v) is 6.54. The predicted octanol–water partition coefficient (Wildman–Crippen LogP) is 2.11. The molecule has 1 rings (SSSR count). The molecule has 1 N–H and O–H groups in total. The third kappa shape index (κ3) is 8.76. The number of ether oxygens (including phenoxy) is 2. The minimum Gasteiger partial charge on any atom is -0.466 e. The number of nitrogens with zero attached hydrogens (tertiary/aromatic N) is 1. The smallest absolute Gasteiger partial charge is 0.328 e. The highest BCUT2D eigenvalue weighted by Crippen LogP contribution is 2.15. The van der Waals surface area contributed by atoms with Crippen molar-refractivity contribution in [3.63, 3.8) is 0 Å². The summed E-state index contributed by atoms with van der Waals surface area (Å²) in [7, 11) is 1.87. The van der Waals surface area contributed by atoms with Crippen molar-refractivity contribution < 1.29 is 28.7 Å². The normalized spacial score (nSPS) is 11.3. The molecule has 29 heavy (non-hydrogen) atoms. The lowest BCUT2D eigenvalue weighted by molar-refractivity contribution is -0.146. The van der Waals surface area contributed by atoms with Crippen LogP contribution in [0.1, 0.15) is 50.4 Å². The number of hydrogen-bond acceptors (Lipinski definition) is 7. The molecular weight excluding hydrogens is 376 g/mol. The number of amides is 1. The van der Waals surface area contributed by atoms with E-state index in [-0.39, 0.29) is 31.8 Å². The summed E-state index contributed by atoms with van der Waals surface area (Å²) < 4.78 is 9.85. The van der Waals surface area contributed by atoms with Gasteiger partial charge in [-0.15, -0.1) is 0 Å². The largest absolute Gasteiger partial charge is 0.466 e. The Labute approximate surface area is 171 Å². The van der Waals surface area contributed by atoms with Crippen LogP contribution >= 0.6 is 0 Å². The standard InChI is InChI=1S/C21H30N2O6/c1-5-28-19(25)12-11-18(21(27)29-6-2)22-20(26)16-7-9-17(10-8-16)23(4)14-13-15(3)24/h7-10,18H,5-6,11-14H2,1-4H3,(H,22,26)/t18-/m1/s1. The van der Waals surface area contributed by atoms with Crippen LogP contribution in [-0.2, 0) is 23.9 Å². The molecule has 1 atom stereocenters. The molecule has 0 saturated carbocycles. The summed E-state index contributed by atoms with van der Waals surface area (Å²) >= 11 is 0. The quantitative estimate of drug-likeness (QED) is 0.530. The molecule has 8 heteroatoms. The van der Waals surface area contributed by atoms with Gasteiger partial charge in [-0.25, -0.2) is 4.79 Å². The maximum absolute atomic E-state index is 12.5. The number of nitrogens with one attached hydrogen (secondary N) is 1. The van der Waals surface area contributed by atoms with Crippen molar-refractivity contribution in [2.45, 2.75) is 46.1 Å². The molecule has 0 unspecified atom stereocenters. The van der Waals surface area contributed by atoms with E-state index in [2.05, 4.69) is 5.32 Å². The molecule has 0 fully saturated rings. The molecule has 0 aliphatic heterocycles.